The van der Waals surface area contributed by atoms with Gasteiger partial charge in [0.15, 0.2) is 0 Å². The van der Waals surface area contributed by atoms with Crippen LogP contribution >= 0.6 is 11.3 Å². The van der Waals surface area contributed by atoms with Gasteiger partial charge in [0, 0.05) is 30.9 Å². The lowest BCUT2D eigenvalue weighted by molar-refractivity contribution is -0.137. The summed E-state index contributed by atoms with van der Waals surface area (Å²) in [4.78, 5) is 22.2. The van der Waals surface area contributed by atoms with Crippen LogP contribution in [-0.4, -0.2) is 40.3 Å². The van der Waals surface area contributed by atoms with Gasteiger partial charge in [0.05, 0.1) is 10.7 Å². The smallest absolute Gasteiger partial charge is 0.226 e. The maximum atomic E-state index is 13.3. The normalized spacial score (nSPS) is 15.6. The minimum atomic E-state index is -0.236. The number of thiazole rings is 1. The summed E-state index contributed by atoms with van der Waals surface area (Å²) in [5.74, 6) is 0.111. The number of amides is 1. The molecule has 0 bridgehead atoms. The largest absolute Gasteiger partial charge is 0.338 e. The summed E-state index contributed by atoms with van der Waals surface area (Å²) < 4.78 is 13.2. The third-order valence-electron chi connectivity index (χ3n) is 5.62. The number of aryl methyl sites for hydroxylation is 1. The minimum Gasteiger partial charge on any atom is -0.338 e. The van der Waals surface area contributed by atoms with Crippen molar-refractivity contribution < 1.29 is 9.18 Å². The standard InChI is InChI=1S/C23H32FN3OS/c1-3-4-5-12-27(15-19-6-8-21(24)9-7-19)23(28)20-10-13-26(14-11-20)16-22-17-29-18(2)25-22/h6-9,17,20H,3-5,10-16H2,1-2H3. The van der Waals surface area contributed by atoms with Crippen molar-refractivity contribution in [2.75, 3.05) is 19.6 Å². The lowest BCUT2D eigenvalue weighted by atomic mass is 9.94. The molecule has 2 aromatic rings. The van der Waals surface area contributed by atoms with Gasteiger partial charge in [-0.25, -0.2) is 9.37 Å². The van der Waals surface area contributed by atoms with Gasteiger partial charge in [0.1, 0.15) is 5.82 Å². The van der Waals surface area contributed by atoms with Crippen LogP contribution in [0.3, 0.4) is 0 Å². The van der Waals surface area contributed by atoms with Gasteiger partial charge in [-0.05, 0) is 57.0 Å². The predicted octanol–water partition coefficient (Wildman–Crippen LogP) is 5.02. The Bertz CT molecular complexity index is 769. The highest BCUT2D eigenvalue weighted by Crippen LogP contribution is 2.23. The minimum absolute atomic E-state index is 0.0884. The zero-order valence-corrected chi connectivity index (χ0v) is 18.4. The summed E-state index contributed by atoms with van der Waals surface area (Å²) in [6.45, 7) is 8.31. The number of hydrogen-bond acceptors (Lipinski definition) is 4. The highest BCUT2D eigenvalue weighted by atomic mass is 32.1. The molecule has 0 spiro atoms. The number of benzene rings is 1. The molecule has 0 N–H and O–H groups in total. The number of carbonyl (C=O) groups is 1. The van der Waals surface area contributed by atoms with Gasteiger partial charge in [0.25, 0.3) is 0 Å². The van der Waals surface area contributed by atoms with E-state index in [4.69, 9.17) is 0 Å². The summed E-state index contributed by atoms with van der Waals surface area (Å²) >= 11 is 1.69. The number of rotatable bonds is 9. The molecule has 0 aliphatic carbocycles. The van der Waals surface area contributed by atoms with E-state index in [1.165, 1.54) is 12.1 Å². The van der Waals surface area contributed by atoms with E-state index in [1.54, 1.807) is 23.5 Å². The molecule has 2 heterocycles. The molecule has 4 nitrogen and oxygen atoms in total. The molecule has 1 saturated heterocycles. The van der Waals surface area contributed by atoms with E-state index in [0.29, 0.717) is 6.54 Å². The van der Waals surface area contributed by atoms with Gasteiger partial charge < -0.3 is 4.90 Å². The Morgan fingerprint density at radius 1 is 1.24 bits per heavy atom. The van der Waals surface area contributed by atoms with Crippen molar-refractivity contribution in [2.24, 2.45) is 5.92 Å². The predicted molar refractivity (Wildman–Crippen MR) is 116 cm³/mol. The summed E-state index contributed by atoms with van der Waals surface area (Å²) in [6.07, 6.45) is 5.07. The Morgan fingerprint density at radius 2 is 1.97 bits per heavy atom. The Labute approximate surface area is 177 Å². The number of halogens is 1. The van der Waals surface area contributed by atoms with E-state index >= 15 is 0 Å². The van der Waals surface area contributed by atoms with E-state index in [2.05, 4.69) is 22.2 Å². The Hall–Kier alpha value is -1.79. The first kappa shape index (κ1) is 21.9. The fourth-order valence-electron chi connectivity index (χ4n) is 3.94. The second-order valence-electron chi connectivity index (χ2n) is 8.00. The lowest BCUT2D eigenvalue weighted by Gasteiger charge is -2.34. The second kappa shape index (κ2) is 10.8. The van der Waals surface area contributed by atoms with Crippen LogP contribution < -0.4 is 0 Å². The molecular weight excluding hydrogens is 385 g/mol. The third kappa shape index (κ3) is 6.61. The van der Waals surface area contributed by atoms with E-state index in [1.807, 2.05) is 11.8 Å². The zero-order valence-electron chi connectivity index (χ0n) is 17.6. The van der Waals surface area contributed by atoms with Gasteiger partial charge in [-0.2, -0.15) is 0 Å². The molecule has 3 rings (SSSR count). The van der Waals surface area contributed by atoms with Crippen LogP contribution in [0, 0.1) is 18.7 Å². The zero-order chi connectivity index (χ0) is 20.6. The SMILES string of the molecule is CCCCCN(Cc1ccc(F)cc1)C(=O)C1CCN(Cc2csc(C)n2)CC1. The molecule has 1 aliphatic heterocycles. The summed E-state index contributed by atoms with van der Waals surface area (Å²) in [7, 11) is 0. The van der Waals surface area contributed by atoms with Crippen molar-refractivity contribution in [2.45, 2.75) is 59.0 Å². The van der Waals surface area contributed by atoms with Crippen molar-refractivity contribution in [1.82, 2.24) is 14.8 Å². The van der Waals surface area contributed by atoms with E-state index in [0.717, 1.165) is 74.5 Å². The van der Waals surface area contributed by atoms with Crippen LogP contribution in [0.1, 0.15) is 55.3 Å². The van der Waals surface area contributed by atoms with Crippen molar-refractivity contribution >= 4 is 17.2 Å². The van der Waals surface area contributed by atoms with Crippen LogP contribution in [-0.2, 0) is 17.9 Å². The van der Waals surface area contributed by atoms with Crippen LogP contribution in [0.15, 0.2) is 29.6 Å². The quantitative estimate of drug-likeness (QED) is 0.538. The molecular formula is C23H32FN3OS. The maximum absolute atomic E-state index is 13.3. The van der Waals surface area contributed by atoms with E-state index < -0.39 is 0 Å². The molecule has 1 aromatic heterocycles. The second-order valence-corrected chi connectivity index (χ2v) is 9.06. The Kier molecular flexibility index (Phi) is 8.19. The van der Waals surface area contributed by atoms with Crippen molar-refractivity contribution in [3.63, 3.8) is 0 Å². The molecule has 0 radical (unpaired) electrons. The first-order valence-electron chi connectivity index (χ1n) is 10.7. The highest BCUT2D eigenvalue weighted by Gasteiger charge is 2.28. The van der Waals surface area contributed by atoms with Crippen LogP contribution in [0.4, 0.5) is 4.39 Å². The highest BCUT2D eigenvalue weighted by molar-refractivity contribution is 7.09. The number of piperidine rings is 1. The van der Waals surface area contributed by atoms with Gasteiger partial charge in [0.2, 0.25) is 5.91 Å². The topological polar surface area (TPSA) is 36.4 Å². The number of aromatic nitrogens is 1. The fraction of sp³-hybridized carbons (Fsp3) is 0.565. The molecule has 1 fully saturated rings. The van der Waals surface area contributed by atoms with E-state index in [9.17, 15) is 9.18 Å². The van der Waals surface area contributed by atoms with Crippen LogP contribution in [0.5, 0.6) is 0 Å². The monoisotopic (exact) mass is 417 g/mol. The average Bonchev–Trinajstić information content (AvgIpc) is 3.13. The molecule has 0 atom stereocenters. The fourth-order valence-corrected chi connectivity index (χ4v) is 4.54. The maximum Gasteiger partial charge on any atom is 0.226 e. The summed E-state index contributed by atoms with van der Waals surface area (Å²) in [5.41, 5.74) is 2.13. The van der Waals surface area contributed by atoms with Gasteiger partial charge in [-0.3, -0.25) is 9.69 Å². The van der Waals surface area contributed by atoms with Crippen LogP contribution in [0.25, 0.3) is 0 Å². The number of nitrogens with zero attached hydrogens (tertiary/aromatic N) is 3. The number of unbranched alkanes of at least 4 members (excludes halogenated alkanes) is 2. The van der Waals surface area contributed by atoms with Crippen molar-refractivity contribution in [1.29, 1.82) is 0 Å². The van der Waals surface area contributed by atoms with Crippen molar-refractivity contribution in [3.8, 4) is 0 Å². The molecule has 0 saturated carbocycles. The van der Waals surface area contributed by atoms with Gasteiger partial charge in [-0.1, -0.05) is 31.9 Å². The third-order valence-corrected chi connectivity index (χ3v) is 6.44. The van der Waals surface area contributed by atoms with Gasteiger partial charge >= 0.3 is 0 Å². The van der Waals surface area contributed by atoms with E-state index in [-0.39, 0.29) is 17.6 Å². The van der Waals surface area contributed by atoms with Gasteiger partial charge in [-0.15, -0.1) is 11.3 Å². The molecule has 1 aliphatic rings. The number of hydrogen-bond donors (Lipinski definition) is 0. The van der Waals surface area contributed by atoms with Crippen LogP contribution in [0.2, 0.25) is 0 Å². The Balaban J connectivity index is 1.56. The summed E-state index contributed by atoms with van der Waals surface area (Å²) in [5, 5.41) is 3.23. The molecule has 29 heavy (non-hydrogen) atoms. The number of carbonyl (C=O) groups excluding carboxylic acids is 1. The first-order chi connectivity index (χ1) is 14.0. The molecule has 0 unspecified atom stereocenters. The van der Waals surface area contributed by atoms with Crippen molar-refractivity contribution in [3.05, 3.63) is 51.7 Å². The lowest BCUT2D eigenvalue weighted by Crippen LogP contribution is -2.42. The molecule has 6 heteroatoms. The molecule has 1 amide bonds. The summed E-state index contributed by atoms with van der Waals surface area (Å²) in [6, 6.07) is 6.52. The molecule has 1 aromatic carbocycles. The average molecular weight is 418 g/mol. The Morgan fingerprint density at radius 3 is 2.59 bits per heavy atom. The number of likely N-dealkylation sites (tertiary alicyclic amines) is 1. The molecule has 158 valence electrons. The first-order valence-corrected chi connectivity index (χ1v) is 11.6.